The summed E-state index contributed by atoms with van der Waals surface area (Å²) in [6.07, 6.45) is 0. The standard InChI is InChI=1S/C10H14NO/c1-10(2,3)8-4-6-9(11-12)7-5-8/h4-7,11H,1-3H3. The molecule has 0 spiro atoms. The van der Waals surface area contributed by atoms with E-state index >= 15 is 0 Å². The van der Waals surface area contributed by atoms with E-state index in [2.05, 4.69) is 20.8 Å². The summed E-state index contributed by atoms with van der Waals surface area (Å²) < 4.78 is 0. The fourth-order valence-corrected chi connectivity index (χ4v) is 1.04. The van der Waals surface area contributed by atoms with Crippen LogP contribution in [-0.2, 0) is 10.6 Å². The van der Waals surface area contributed by atoms with E-state index in [1.807, 2.05) is 17.6 Å². The molecule has 1 aromatic rings. The zero-order valence-corrected chi connectivity index (χ0v) is 7.72. The Kier molecular flexibility index (Phi) is 2.38. The normalized spacial score (nSPS) is 11.3. The Morgan fingerprint density at radius 3 is 1.92 bits per heavy atom. The van der Waals surface area contributed by atoms with Crippen LogP contribution in [0.2, 0.25) is 0 Å². The van der Waals surface area contributed by atoms with Gasteiger partial charge in [0.15, 0.2) is 0 Å². The van der Waals surface area contributed by atoms with E-state index in [4.69, 9.17) is 0 Å². The second-order valence-electron chi connectivity index (χ2n) is 3.93. The average molecular weight is 164 g/mol. The summed E-state index contributed by atoms with van der Waals surface area (Å²) in [4.78, 5) is 0. The Balaban J connectivity index is 2.93. The predicted molar refractivity (Wildman–Crippen MR) is 49.5 cm³/mol. The van der Waals surface area contributed by atoms with Crippen molar-refractivity contribution in [2.24, 2.45) is 0 Å². The largest absolute Gasteiger partial charge is 0.233 e. The van der Waals surface area contributed by atoms with E-state index in [-0.39, 0.29) is 5.41 Å². The highest BCUT2D eigenvalue weighted by Gasteiger charge is 2.12. The molecule has 0 aromatic heterocycles. The van der Waals surface area contributed by atoms with E-state index < -0.39 is 0 Å². The fourth-order valence-electron chi connectivity index (χ4n) is 1.04. The summed E-state index contributed by atoms with van der Waals surface area (Å²) in [5, 5.41) is 10.2. The molecule has 0 saturated carbocycles. The van der Waals surface area contributed by atoms with Crippen LogP contribution in [0.5, 0.6) is 0 Å². The van der Waals surface area contributed by atoms with Gasteiger partial charge in [-0.3, -0.25) is 0 Å². The first-order chi connectivity index (χ1) is 5.54. The Bertz CT molecular complexity index is 246. The fraction of sp³-hybridized carbons (Fsp3) is 0.400. The zero-order valence-electron chi connectivity index (χ0n) is 7.72. The number of hydrogen-bond acceptors (Lipinski definition) is 1. The van der Waals surface area contributed by atoms with Crippen molar-refractivity contribution in [2.75, 3.05) is 5.48 Å². The maximum Gasteiger partial charge on any atom is 0.0635 e. The minimum absolute atomic E-state index is 0.154. The van der Waals surface area contributed by atoms with E-state index in [1.165, 1.54) is 5.56 Å². The van der Waals surface area contributed by atoms with Gasteiger partial charge in [-0.15, -0.1) is 0 Å². The van der Waals surface area contributed by atoms with Crippen molar-refractivity contribution >= 4 is 5.69 Å². The molecule has 0 unspecified atom stereocenters. The summed E-state index contributed by atoms with van der Waals surface area (Å²) in [5.41, 5.74) is 3.86. The Hall–Kier alpha value is -1.02. The molecule has 1 radical (unpaired) electrons. The number of anilines is 1. The van der Waals surface area contributed by atoms with Crippen molar-refractivity contribution in [3.8, 4) is 0 Å². The number of hydrogen-bond donors (Lipinski definition) is 1. The molecular weight excluding hydrogens is 150 g/mol. The van der Waals surface area contributed by atoms with Crippen LogP contribution < -0.4 is 5.48 Å². The number of nitrogens with one attached hydrogen (secondary N) is 1. The molecule has 0 amide bonds. The van der Waals surface area contributed by atoms with Crippen molar-refractivity contribution in [3.05, 3.63) is 29.8 Å². The highest BCUT2D eigenvalue weighted by atomic mass is 16.5. The molecule has 0 aliphatic heterocycles. The lowest BCUT2D eigenvalue weighted by molar-refractivity contribution is 0.274. The summed E-state index contributed by atoms with van der Waals surface area (Å²) in [6.45, 7) is 6.44. The predicted octanol–water partition coefficient (Wildman–Crippen LogP) is 2.74. The molecule has 0 fully saturated rings. The zero-order chi connectivity index (χ0) is 9.19. The van der Waals surface area contributed by atoms with Crippen molar-refractivity contribution in [1.82, 2.24) is 0 Å². The molecule has 65 valence electrons. The third-order valence-electron chi connectivity index (χ3n) is 1.87. The van der Waals surface area contributed by atoms with Gasteiger partial charge < -0.3 is 0 Å². The van der Waals surface area contributed by atoms with Crippen LogP contribution in [0.3, 0.4) is 0 Å². The van der Waals surface area contributed by atoms with Gasteiger partial charge in [0.05, 0.1) is 5.69 Å². The van der Waals surface area contributed by atoms with Gasteiger partial charge in [0.1, 0.15) is 0 Å². The van der Waals surface area contributed by atoms with Gasteiger partial charge in [0.2, 0.25) is 0 Å². The highest BCUT2D eigenvalue weighted by molar-refractivity contribution is 5.43. The van der Waals surface area contributed by atoms with Gasteiger partial charge in [-0.2, -0.15) is 0 Å². The van der Waals surface area contributed by atoms with Crippen LogP contribution in [0.1, 0.15) is 26.3 Å². The van der Waals surface area contributed by atoms with Crippen LogP contribution in [0.4, 0.5) is 5.69 Å². The number of rotatable bonds is 1. The smallest absolute Gasteiger partial charge is 0.0635 e. The molecular formula is C10H14NO. The average Bonchev–Trinajstić information content (AvgIpc) is 2.03. The van der Waals surface area contributed by atoms with Gasteiger partial charge in [-0.05, 0) is 23.1 Å². The first kappa shape index (κ1) is 9.07. The number of benzene rings is 1. The molecule has 0 saturated heterocycles. The lowest BCUT2D eigenvalue weighted by atomic mass is 9.87. The van der Waals surface area contributed by atoms with Crippen molar-refractivity contribution in [3.63, 3.8) is 0 Å². The van der Waals surface area contributed by atoms with Gasteiger partial charge in [-0.25, -0.2) is 5.48 Å². The molecule has 0 heterocycles. The molecule has 2 nitrogen and oxygen atoms in total. The Morgan fingerprint density at radius 2 is 1.58 bits per heavy atom. The van der Waals surface area contributed by atoms with Crippen molar-refractivity contribution < 1.29 is 5.21 Å². The molecule has 0 bridgehead atoms. The quantitative estimate of drug-likeness (QED) is 0.636. The summed E-state index contributed by atoms with van der Waals surface area (Å²) in [5.74, 6) is 0. The minimum Gasteiger partial charge on any atom is -0.233 e. The monoisotopic (exact) mass is 164 g/mol. The maximum absolute atomic E-state index is 10.2. The SMILES string of the molecule is CC(C)(C)c1ccc(N[O])cc1. The van der Waals surface area contributed by atoms with Gasteiger partial charge >= 0.3 is 0 Å². The Morgan fingerprint density at radius 1 is 1.08 bits per heavy atom. The van der Waals surface area contributed by atoms with E-state index in [0.29, 0.717) is 5.69 Å². The molecule has 12 heavy (non-hydrogen) atoms. The third-order valence-corrected chi connectivity index (χ3v) is 1.87. The minimum atomic E-state index is 0.154. The summed E-state index contributed by atoms with van der Waals surface area (Å²) >= 11 is 0. The third kappa shape index (κ3) is 1.98. The van der Waals surface area contributed by atoms with Crippen LogP contribution in [0, 0.1) is 0 Å². The Labute approximate surface area is 73.2 Å². The van der Waals surface area contributed by atoms with Crippen LogP contribution >= 0.6 is 0 Å². The maximum atomic E-state index is 10.2. The first-order valence-electron chi connectivity index (χ1n) is 4.03. The topological polar surface area (TPSA) is 31.9 Å². The summed E-state index contributed by atoms with van der Waals surface area (Å²) in [7, 11) is 0. The second-order valence-corrected chi connectivity index (χ2v) is 3.93. The lowest BCUT2D eigenvalue weighted by Crippen LogP contribution is -2.10. The molecule has 1 rings (SSSR count). The molecule has 0 aliphatic carbocycles. The van der Waals surface area contributed by atoms with E-state index in [1.54, 1.807) is 12.1 Å². The highest BCUT2D eigenvalue weighted by Crippen LogP contribution is 2.23. The van der Waals surface area contributed by atoms with Gasteiger partial charge in [-0.1, -0.05) is 38.1 Å². The lowest BCUT2D eigenvalue weighted by Gasteiger charge is -2.18. The van der Waals surface area contributed by atoms with E-state index in [0.717, 1.165) is 0 Å². The van der Waals surface area contributed by atoms with E-state index in [9.17, 15) is 5.21 Å². The molecule has 0 aliphatic rings. The van der Waals surface area contributed by atoms with Gasteiger partial charge in [0.25, 0.3) is 0 Å². The molecule has 1 aromatic carbocycles. The van der Waals surface area contributed by atoms with Crippen LogP contribution in [-0.4, -0.2) is 0 Å². The van der Waals surface area contributed by atoms with Crippen molar-refractivity contribution in [2.45, 2.75) is 26.2 Å². The van der Waals surface area contributed by atoms with Gasteiger partial charge in [0, 0.05) is 0 Å². The molecule has 0 atom stereocenters. The first-order valence-corrected chi connectivity index (χ1v) is 4.03. The van der Waals surface area contributed by atoms with Crippen LogP contribution in [0.15, 0.2) is 24.3 Å². The second kappa shape index (κ2) is 3.15. The van der Waals surface area contributed by atoms with Crippen molar-refractivity contribution in [1.29, 1.82) is 0 Å². The molecule has 1 N–H and O–H groups in total. The molecule has 2 heteroatoms. The summed E-state index contributed by atoms with van der Waals surface area (Å²) in [6, 6.07) is 7.54. The van der Waals surface area contributed by atoms with Crippen LogP contribution in [0.25, 0.3) is 0 Å².